The number of aliphatic hydroxyl groups is 1. The van der Waals surface area contributed by atoms with Gasteiger partial charge in [0.2, 0.25) is 0 Å². The van der Waals surface area contributed by atoms with E-state index in [1.807, 2.05) is 62.3 Å². The average Bonchev–Trinajstić information content (AvgIpc) is 2.94. The molecule has 0 spiro atoms. The molecule has 1 saturated heterocycles. The molecule has 4 heterocycles. The summed E-state index contributed by atoms with van der Waals surface area (Å²) >= 11 is 0. The third-order valence-corrected chi connectivity index (χ3v) is 7.48. The van der Waals surface area contributed by atoms with E-state index in [-0.39, 0.29) is 24.7 Å². The Bertz CT molecular complexity index is 1480. The molecule has 1 aliphatic heterocycles. The Morgan fingerprint density at radius 1 is 1.10 bits per heavy atom. The molecule has 1 aromatic carbocycles. The van der Waals surface area contributed by atoms with Crippen molar-refractivity contribution in [2.45, 2.75) is 45.8 Å². The van der Waals surface area contributed by atoms with Gasteiger partial charge in [-0.1, -0.05) is 6.07 Å². The smallest absolute Gasteiger partial charge is 0.194 e. The first-order valence-electron chi connectivity index (χ1n) is 13.6. The van der Waals surface area contributed by atoms with Crippen molar-refractivity contribution in [2.75, 3.05) is 31.2 Å². The molecule has 0 radical (unpaired) electrons. The summed E-state index contributed by atoms with van der Waals surface area (Å²) in [5.41, 5.74) is 5.84. The molecule has 5 rings (SSSR count). The fraction of sp³-hybridized carbons (Fsp3) is 0.387. The fourth-order valence-electron chi connectivity index (χ4n) is 5.59. The van der Waals surface area contributed by atoms with Gasteiger partial charge in [0.15, 0.2) is 5.43 Å². The zero-order chi connectivity index (χ0) is 27.4. The van der Waals surface area contributed by atoms with Gasteiger partial charge in [-0.2, -0.15) is 0 Å². The molecule has 1 fully saturated rings. The number of hydrogen-bond donors (Lipinski definition) is 1. The second-order valence-electron chi connectivity index (χ2n) is 10.4. The topological polar surface area (TPSA) is 83.7 Å². The molecule has 1 aliphatic rings. The van der Waals surface area contributed by atoms with Crippen LogP contribution in [0.1, 0.15) is 35.4 Å². The molecule has 0 amide bonds. The minimum Gasteiger partial charge on any atom is -0.489 e. The van der Waals surface area contributed by atoms with Crippen LogP contribution in [0.25, 0.3) is 10.9 Å². The third-order valence-electron chi connectivity index (χ3n) is 7.48. The second kappa shape index (κ2) is 12.0. The fourth-order valence-corrected chi connectivity index (χ4v) is 5.59. The van der Waals surface area contributed by atoms with Crippen molar-refractivity contribution < 1.29 is 9.84 Å². The molecule has 4 aromatic rings. The number of benzene rings is 1. The summed E-state index contributed by atoms with van der Waals surface area (Å²) in [4.78, 5) is 27.5. The molecule has 3 aromatic heterocycles. The van der Waals surface area contributed by atoms with Crippen LogP contribution in [0, 0.1) is 13.8 Å². The van der Waals surface area contributed by atoms with Crippen molar-refractivity contribution in [2.24, 2.45) is 7.05 Å². The molecular formula is C31H37N5O3. The van der Waals surface area contributed by atoms with Crippen LogP contribution in [-0.2, 0) is 20.1 Å². The Balaban J connectivity index is 1.48. The van der Waals surface area contributed by atoms with E-state index in [2.05, 4.69) is 44.0 Å². The Kier molecular flexibility index (Phi) is 8.24. The van der Waals surface area contributed by atoms with E-state index in [0.717, 1.165) is 60.6 Å². The molecule has 0 aliphatic carbocycles. The van der Waals surface area contributed by atoms with Gasteiger partial charge in [-0.25, -0.2) is 0 Å². The van der Waals surface area contributed by atoms with Gasteiger partial charge in [-0.3, -0.25) is 19.7 Å². The Morgan fingerprint density at radius 3 is 2.74 bits per heavy atom. The van der Waals surface area contributed by atoms with Crippen LogP contribution in [0.3, 0.4) is 0 Å². The number of anilines is 1. The van der Waals surface area contributed by atoms with Crippen molar-refractivity contribution in [3.8, 4) is 5.75 Å². The van der Waals surface area contributed by atoms with Gasteiger partial charge in [-0.05, 0) is 68.7 Å². The Morgan fingerprint density at radius 2 is 1.97 bits per heavy atom. The van der Waals surface area contributed by atoms with Crippen LogP contribution in [0.5, 0.6) is 5.75 Å². The summed E-state index contributed by atoms with van der Waals surface area (Å²) in [7, 11) is 1.94. The number of fused-ring (bicyclic) bond motifs is 1. The number of rotatable bonds is 9. The number of aromatic nitrogens is 3. The van der Waals surface area contributed by atoms with Crippen LogP contribution < -0.4 is 15.1 Å². The number of aryl methyl sites for hydroxylation is 3. The molecular weight excluding hydrogens is 490 g/mol. The highest BCUT2D eigenvalue weighted by Crippen LogP contribution is 2.27. The van der Waals surface area contributed by atoms with E-state index in [4.69, 9.17) is 4.74 Å². The molecule has 204 valence electrons. The number of ether oxygens (including phenoxy) is 1. The van der Waals surface area contributed by atoms with Gasteiger partial charge in [0.1, 0.15) is 12.4 Å². The van der Waals surface area contributed by atoms with Gasteiger partial charge >= 0.3 is 0 Å². The SMILES string of the molecule is Cc1ccc(N2CCC[C@H](N(Cc3ccnc(C)c3)Cc3cn(C)c4c(OCCO)cccc4c3=O)C2)cn1. The number of aliphatic hydroxyl groups excluding tert-OH is 1. The van der Waals surface area contributed by atoms with Gasteiger partial charge in [-0.15, -0.1) is 0 Å². The maximum absolute atomic E-state index is 13.8. The van der Waals surface area contributed by atoms with Crippen LogP contribution >= 0.6 is 0 Å². The predicted molar refractivity (Wildman–Crippen MR) is 154 cm³/mol. The van der Waals surface area contributed by atoms with E-state index >= 15 is 0 Å². The maximum Gasteiger partial charge on any atom is 0.194 e. The van der Waals surface area contributed by atoms with Crippen LogP contribution in [0.15, 0.2) is 65.8 Å². The maximum atomic E-state index is 13.8. The van der Waals surface area contributed by atoms with Gasteiger partial charge in [0.05, 0.1) is 24.0 Å². The van der Waals surface area contributed by atoms with E-state index < -0.39 is 0 Å². The number of hydrogen-bond acceptors (Lipinski definition) is 7. The van der Waals surface area contributed by atoms with E-state index in [1.165, 1.54) is 5.56 Å². The predicted octanol–water partition coefficient (Wildman–Crippen LogP) is 3.99. The van der Waals surface area contributed by atoms with E-state index in [1.54, 1.807) is 0 Å². The first-order chi connectivity index (χ1) is 18.9. The number of pyridine rings is 3. The summed E-state index contributed by atoms with van der Waals surface area (Å²) in [6.45, 7) is 7.26. The summed E-state index contributed by atoms with van der Waals surface area (Å²) in [6.07, 6.45) is 7.89. The minimum absolute atomic E-state index is 0.0175. The van der Waals surface area contributed by atoms with Crippen molar-refractivity contribution in [1.29, 1.82) is 0 Å². The van der Waals surface area contributed by atoms with Crippen LogP contribution in [-0.4, -0.2) is 56.9 Å². The number of piperidine rings is 1. The largest absolute Gasteiger partial charge is 0.489 e. The normalized spacial score (nSPS) is 15.7. The van der Waals surface area contributed by atoms with Crippen LogP contribution in [0.4, 0.5) is 5.69 Å². The van der Waals surface area contributed by atoms with Gasteiger partial charge < -0.3 is 19.3 Å². The molecule has 39 heavy (non-hydrogen) atoms. The quantitative estimate of drug-likeness (QED) is 0.352. The minimum atomic E-state index is -0.0804. The molecule has 1 atom stereocenters. The zero-order valence-corrected chi connectivity index (χ0v) is 23.0. The highest BCUT2D eigenvalue weighted by atomic mass is 16.5. The zero-order valence-electron chi connectivity index (χ0n) is 23.0. The number of para-hydroxylation sites is 1. The molecule has 1 N–H and O–H groups in total. The third kappa shape index (κ3) is 6.13. The average molecular weight is 528 g/mol. The van der Waals surface area contributed by atoms with E-state index in [0.29, 0.717) is 17.7 Å². The second-order valence-corrected chi connectivity index (χ2v) is 10.4. The van der Waals surface area contributed by atoms with Crippen molar-refractivity contribution >= 4 is 16.6 Å². The highest BCUT2D eigenvalue weighted by Gasteiger charge is 2.27. The first-order valence-corrected chi connectivity index (χ1v) is 13.6. The lowest BCUT2D eigenvalue weighted by Crippen LogP contribution is -2.48. The Hall–Kier alpha value is -3.75. The lowest BCUT2D eigenvalue weighted by Gasteiger charge is -2.40. The molecule has 0 unspecified atom stereocenters. The summed E-state index contributed by atoms with van der Waals surface area (Å²) in [5, 5.41) is 9.85. The standard InChI is InChI=1S/C31H37N5O3/c1-22-9-10-26(17-33-22)35-13-5-6-27(21-35)36(18-24-11-12-32-23(2)16-24)20-25-19-34(3)30-28(31(25)38)7-4-8-29(30)39-15-14-37/h4,7-12,16-17,19,27,37H,5-6,13-15,18,20-21H2,1-3H3/t27-/m0/s1. The number of nitrogens with zero attached hydrogens (tertiary/aromatic N) is 5. The van der Waals surface area contributed by atoms with Gasteiger partial charge in [0, 0.05) is 74.0 Å². The Labute approximate surface area is 229 Å². The molecule has 0 bridgehead atoms. The molecule has 8 heteroatoms. The molecule has 0 saturated carbocycles. The summed E-state index contributed by atoms with van der Waals surface area (Å²) in [6, 6.07) is 14.2. The molecule has 8 nitrogen and oxygen atoms in total. The van der Waals surface area contributed by atoms with Crippen molar-refractivity contribution in [3.05, 3.63) is 93.8 Å². The first kappa shape index (κ1) is 26.8. The van der Waals surface area contributed by atoms with E-state index in [9.17, 15) is 9.90 Å². The van der Waals surface area contributed by atoms with Crippen molar-refractivity contribution in [3.63, 3.8) is 0 Å². The summed E-state index contributed by atoms with van der Waals surface area (Å²) < 4.78 is 7.71. The highest BCUT2D eigenvalue weighted by molar-refractivity contribution is 5.85. The monoisotopic (exact) mass is 527 g/mol. The lowest BCUT2D eigenvalue weighted by molar-refractivity contribution is 0.158. The summed E-state index contributed by atoms with van der Waals surface area (Å²) in [5.74, 6) is 0.603. The van der Waals surface area contributed by atoms with Gasteiger partial charge in [0.25, 0.3) is 0 Å². The lowest BCUT2D eigenvalue weighted by atomic mass is 10.0. The van der Waals surface area contributed by atoms with Crippen molar-refractivity contribution in [1.82, 2.24) is 19.4 Å². The van der Waals surface area contributed by atoms with Crippen LogP contribution in [0.2, 0.25) is 0 Å².